The molecule has 0 rings (SSSR count). The van der Waals surface area contributed by atoms with E-state index < -0.39 is 12.3 Å². The maximum atomic E-state index is 8.40. The van der Waals surface area contributed by atoms with E-state index in [1.165, 1.54) is 0 Å². The smallest absolute Gasteiger partial charge is 0.776 e. The fraction of sp³-hybridized carbons (Fsp3) is 0. The van der Waals surface area contributed by atoms with Crippen molar-refractivity contribution < 1.29 is 57.4 Å². The van der Waals surface area contributed by atoms with Crippen LogP contribution in [0.15, 0.2) is 0 Å². The molecule has 0 aliphatic carbocycles. The summed E-state index contributed by atoms with van der Waals surface area (Å²) in [7, 11) is 0. The van der Waals surface area contributed by atoms with Gasteiger partial charge in [-0.3, -0.25) is 0 Å². The molecule has 0 saturated heterocycles. The van der Waals surface area contributed by atoms with Gasteiger partial charge in [-0.2, -0.15) is 0 Å². The van der Waals surface area contributed by atoms with Gasteiger partial charge in [0.05, 0.1) is 0 Å². The average Bonchev–Trinajstić information content (AvgIpc) is 1.99. The van der Waals surface area contributed by atoms with Crippen LogP contribution < -0.4 is 29.6 Å². The second kappa shape index (κ2) is 128. The molecular formula is C2H7NaO6S2. The van der Waals surface area contributed by atoms with Gasteiger partial charge >= 0.3 is 29.6 Å². The van der Waals surface area contributed by atoms with Crippen molar-refractivity contribution in [2.24, 2.45) is 0 Å². The Balaban J connectivity index is -0.0000000144. The van der Waals surface area contributed by atoms with Crippen molar-refractivity contribution >= 4 is 38.2 Å². The van der Waals surface area contributed by atoms with Gasteiger partial charge in [0.15, 0.2) is 12.3 Å². The first-order valence-electron chi connectivity index (χ1n) is 1.29. The minimum atomic E-state index is -0.500. The third kappa shape index (κ3) is 1110. The monoisotopic (exact) mass is 214 g/mol. The molecule has 9 heteroatoms. The van der Waals surface area contributed by atoms with Gasteiger partial charge in [-0.15, -0.1) is 12.3 Å². The molecule has 0 bridgehead atoms. The molecule has 0 aromatic rings. The van der Waals surface area contributed by atoms with Crippen LogP contribution >= 0.6 is 24.6 Å². The third-order valence-corrected chi connectivity index (χ3v) is 0. The van der Waals surface area contributed by atoms with Crippen LogP contribution in [0.2, 0.25) is 0 Å². The second-order valence-corrected chi connectivity index (χ2v) is 0.469. The van der Waals surface area contributed by atoms with Crippen LogP contribution in [-0.4, -0.2) is 31.8 Å². The molecule has 6 nitrogen and oxygen atoms in total. The molecule has 0 saturated carbocycles. The zero-order valence-electron chi connectivity index (χ0n) is 5.80. The molecule has 0 radical (unpaired) electrons. The standard InChI is InChI=1S/2CH2O.Na.2H2O2S/c2*1-2;;2*1-3-2/h2*1H2;;2*1-2H/q;;+1;;/p-1. The Morgan fingerprint density at radius 3 is 1.00 bits per heavy atom. The van der Waals surface area contributed by atoms with Crippen LogP contribution in [0.3, 0.4) is 0 Å². The molecule has 11 heavy (non-hydrogen) atoms. The Bertz CT molecular complexity index is 30.5. The fourth-order valence-electron chi connectivity index (χ4n) is 0. The van der Waals surface area contributed by atoms with Gasteiger partial charge in [0, 0.05) is 0 Å². The molecule has 0 spiro atoms. The summed E-state index contributed by atoms with van der Waals surface area (Å²) in [4.78, 5) is 16.0. The van der Waals surface area contributed by atoms with Crippen molar-refractivity contribution in [3.8, 4) is 0 Å². The van der Waals surface area contributed by atoms with E-state index in [-0.39, 0.29) is 41.9 Å². The molecule has 0 atom stereocenters. The molecular weight excluding hydrogens is 207 g/mol. The largest absolute Gasteiger partial charge is 1.00 e. The van der Waals surface area contributed by atoms with E-state index >= 15 is 0 Å². The molecule has 0 unspecified atom stereocenters. The molecule has 0 aromatic carbocycles. The maximum Gasteiger partial charge on any atom is 1.00 e. The summed E-state index contributed by atoms with van der Waals surface area (Å²) in [5, 5.41) is 0. The zero-order valence-corrected chi connectivity index (χ0v) is 9.43. The summed E-state index contributed by atoms with van der Waals surface area (Å²) in [6, 6.07) is 0. The first-order valence-corrected chi connectivity index (χ1v) is 2.72. The van der Waals surface area contributed by atoms with Gasteiger partial charge in [-0.25, -0.2) is 0 Å². The normalized spacial score (nSPS) is 4.00. The van der Waals surface area contributed by atoms with E-state index in [0.29, 0.717) is 0 Å². The molecule has 0 amide bonds. The topological polar surface area (TPSA) is 118 Å². The molecule has 0 aliphatic rings. The van der Waals surface area contributed by atoms with Crippen LogP contribution in [-0.2, 0) is 9.59 Å². The number of carbonyl (C=O) groups is 2. The number of hydrogen-bond donors (Lipinski definition) is 3. The van der Waals surface area contributed by atoms with Crippen LogP contribution in [0.5, 0.6) is 0 Å². The fourth-order valence-corrected chi connectivity index (χ4v) is 0. The van der Waals surface area contributed by atoms with Crippen LogP contribution in [0, 0.1) is 0 Å². The van der Waals surface area contributed by atoms with Crippen molar-refractivity contribution in [1.82, 2.24) is 0 Å². The third-order valence-electron chi connectivity index (χ3n) is 0. The van der Waals surface area contributed by atoms with Crippen molar-refractivity contribution in [1.29, 1.82) is 0 Å². The Morgan fingerprint density at radius 2 is 1.00 bits per heavy atom. The summed E-state index contributed by atoms with van der Waals surface area (Å²) in [5.74, 6) is 0. The Kier molecular flexibility index (Phi) is 346. The van der Waals surface area contributed by atoms with Crippen molar-refractivity contribution in [3.05, 3.63) is 0 Å². The van der Waals surface area contributed by atoms with Crippen molar-refractivity contribution in [3.63, 3.8) is 0 Å². The number of rotatable bonds is 0. The van der Waals surface area contributed by atoms with Gasteiger partial charge in [0.25, 0.3) is 0 Å². The predicted octanol–water partition coefficient (Wildman–Crippen LogP) is -2.38. The van der Waals surface area contributed by atoms with Gasteiger partial charge in [-0.05, 0) is 0 Å². The van der Waals surface area contributed by atoms with E-state index in [0.717, 1.165) is 0 Å². The van der Waals surface area contributed by atoms with Crippen LogP contribution in [0.25, 0.3) is 0 Å². The molecule has 0 aromatic heterocycles. The van der Waals surface area contributed by atoms with Gasteiger partial charge in [-0.1, -0.05) is 0 Å². The van der Waals surface area contributed by atoms with Crippen molar-refractivity contribution in [2.75, 3.05) is 0 Å². The van der Waals surface area contributed by atoms with Gasteiger partial charge < -0.3 is 27.8 Å². The van der Waals surface area contributed by atoms with E-state index in [9.17, 15) is 0 Å². The predicted molar refractivity (Wildman–Crippen MR) is 38.1 cm³/mol. The zero-order chi connectivity index (χ0) is 9.41. The molecule has 0 aliphatic heterocycles. The van der Waals surface area contributed by atoms with E-state index in [1.807, 2.05) is 13.6 Å². The summed E-state index contributed by atoms with van der Waals surface area (Å²) in [5.41, 5.74) is 0. The number of hydrogen-bond acceptors (Lipinski definition) is 8. The van der Waals surface area contributed by atoms with E-state index in [4.69, 9.17) is 27.8 Å². The van der Waals surface area contributed by atoms with Gasteiger partial charge in [0.2, 0.25) is 0 Å². The van der Waals surface area contributed by atoms with Gasteiger partial charge in [0.1, 0.15) is 13.6 Å². The average molecular weight is 214 g/mol. The summed E-state index contributed by atoms with van der Waals surface area (Å²) >= 11 is -0.750. The Labute approximate surface area is 95.1 Å². The second-order valence-electron chi connectivity index (χ2n) is 0.156. The molecule has 3 N–H and O–H groups in total. The molecule has 64 valence electrons. The Hall–Kier alpha value is 0.880. The first-order chi connectivity index (χ1) is 4.83. The van der Waals surface area contributed by atoms with E-state index in [1.54, 1.807) is 0 Å². The Morgan fingerprint density at radius 1 is 1.00 bits per heavy atom. The molecule has 0 fully saturated rings. The minimum absolute atomic E-state index is 0. The molecule has 0 heterocycles. The summed E-state index contributed by atoms with van der Waals surface area (Å²) < 4.78 is 29.4. The number of carbonyl (C=O) groups excluding carboxylic acids is 2. The SMILES string of the molecule is C=O.C=O.OSO.[Na+].[O-]SO. The summed E-state index contributed by atoms with van der Waals surface area (Å²) in [6.07, 6.45) is 0. The van der Waals surface area contributed by atoms with Crippen LogP contribution in [0.1, 0.15) is 0 Å². The van der Waals surface area contributed by atoms with Crippen molar-refractivity contribution in [2.45, 2.75) is 0 Å². The quantitative estimate of drug-likeness (QED) is 0.302. The van der Waals surface area contributed by atoms with E-state index in [2.05, 4.69) is 0 Å². The first kappa shape index (κ1) is 29.7. The minimum Gasteiger partial charge on any atom is -0.776 e. The summed E-state index contributed by atoms with van der Waals surface area (Å²) in [6.45, 7) is 4.00. The van der Waals surface area contributed by atoms with Crippen LogP contribution in [0.4, 0.5) is 0 Å². The maximum absolute atomic E-state index is 8.40.